The summed E-state index contributed by atoms with van der Waals surface area (Å²) in [5.74, 6) is -4.00. The van der Waals surface area contributed by atoms with E-state index in [4.69, 9.17) is 32.5 Å². The van der Waals surface area contributed by atoms with Crippen LogP contribution in [0, 0.1) is 0 Å². The number of phosphoric ester groups is 1. The standard InChI is InChI=1S/C24H30NO13P/c1-6-33-39(31,34-7-2)38-24-19(25-22(29)16-10-8-9-11-17(16)23(25)30)21(36-15(5)28)20(35-14(4)27)18(37-24)12-32-13(3)26/h8-11,18-21,24H,6-7,12H2,1-5H3/t18-,19-,20-,21-,24+/m1/s1. The maximum absolute atomic E-state index is 13.5. The van der Waals surface area contributed by atoms with Crippen molar-refractivity contribution in [2.45, 2.75) is 65.3 Å². The Labute approximate surface area is 224 Å². The van der Waals surface area contributed by atoms with Crippen LogP contribution in [0.25, 0.3) is 0 Å². The molecule has 0 unspecified atom stereocenters. The molecule has 5 atom stereocenters. The van der Waals surface area contributed by atoms with Gasteiger partial charge in [0.1, 0.15) is 18.8 Å². The number of fused-ring (bicyclic) bond motifs is 1. The Morgan fingerprint density at radius 2 is 1.38 bits per heavy atom. The quantitative estimate of drug-likeness (QED) is 0.164. The maximum Gasteiger partial charge on any atom is 0.477 e. The Morgan fingerprint density at radius 3 is 1.85 bits per heavy atom. The molecule has 1 fully saturated rings. The molecule has 15 heteroatoms. The maximum atomic E-state index is 13.5. The number of benzene rings is 1. The Balaban J connectivity index is 2.17. The van der Waals surface area contributed by atoms with Gasteiger partial charge < -0.3 is 18.9 Å². The van der Waals surface area contributed by atoms with E-state index in [2.05, 4.69) is 0 Å². The van der Waals surface area contributed by atoms with Crippen molar-refractivity contribution < 1.29 is 61.1 Å². The van der Waals surface area contributed by atoms with E-state index in [0.717, 1.165) is 25.7 Å². The van der Waals surface area contributed by atoms with Crippen LogP contribution in [0.15, 0.2) is 24.3 Å². The average Bonchev–Trinajstić information content (AvgIpc) is 3.09. The Bertz CT molecular complexity index is 1130. The molecule has 2 heterocycles. The summed E-state index contributed by atoms with van der Waals surface area (Å²) in [5, 5.41) is 0. The summed E-state index contributed by atoms with van der Waals surface area (Å²) in [7, 11) is -4.38. The SMILES string of the molecule is CCOP(=O)(OCC)O[C@@H]1O[C@H](COC(C)=O)[C@@H](OC(C)=O)[C@H](OC(C)=O)[C@H]1N1C(=O)c2ccccc2C1=O. The Hall–Kier alpha value is -3.16. The third-order valence-corrected chi connectivity index (χ3v) is 7.22. The molecular weight excluding hydrogens is 541 g/mol. The van der Waals surface area contributed by atoms with Gasteiger partial charge in [-0.1, -0.05) is 12.1 Å². The Kier molecular flexibility index (Phi) is 9.97. The van der Waals surface area contributed by atoms with Crippen LogP contribution in [0.2, 0.25) is 0 Å². The van der Waals surface area contributed by atoms with Crippen LogP contribution in [0.5, 0.6) is 0 Å². The van der Waals surface area contributed by atoms with Gasteiger partial charge in [0.2, 0.25) is 0 Å². The number of phosphoric acid groups is 1. The van der Waals surface area contributed by atoms with Crippen LogP contribution < -0.4 is 0 Å². The van der Waals surface area contributed by atoms with Gasteiger partial charge in [0, 0.05) is 20.8 Å². The van der Waals surface area contributed by atoms with Crippen molar-refractivity contribution in [2.75, 3.05) is 19.8 Å². The van der Waals surface area contributed by atoms with Crippen molar-refractivity contribution in [1.29, 1.82) is 0 Å². The van der Waals surface area contributed by atoms with E-state index < -0.39 is 74.8 Å². The van der Waals surface area contributed by atoms with Gasteiger partial charge in [-0.2, -0.15) is 0 Å². The monoisotopic (exact) mass is 571 g/mol. The number of hydrogen-bond acceptors (Lipinski definition) is 13. The van der Waals surface area contributed by atoms with Crippen molar-refractivity contribution in [1.82, 2.24) is 4.90 Å². The highest BCUT2D eigenvalue weighted by Crippen LogP contribution is 2.52. The highest BCUT2D eigenvalue weighted by molar-refractivity contribution is 7.48. The van der Waals surface area contributed by atoms with Crippen LogP contribution in [0.1, 0.15) is 55.3 Å². The number of carbonyl (C=O) groups is 5. The van der Waals surface area contributed by atoms with Crippen molar-refractivity contribution in [3.05, 3.63) is 35.4 Å². The van der Waals surface area contributed by atoms with Crippen LogP contribution >= 0.6 is 7.82 Å². The van der Waals surface area contributed by atoms with Gasteiger partial charge in [-0.3, -0.25) is 42.4 Å². The van der Waals surface area contributed by atoms with E-state index in [0.29, 0.717) is 0 Å². The fraction of sp³-hybridized carbons (Fsp3) is 0.542. The summed E-state index contributed by atoms with van der Waals surface area (Å²) in [5.41, 5.74) is 0.0957. The summed E-state index contributed by atoms with van der Waals surface area (Å²) in [6.07, 6.45) is -6.26. The van der Waals surface area contributed by atoms with E-state index in [-0.39, 0.29) is 24.3 Å². The minimum Gasteiger partial charge on any atom is -0.463 e. The average molecular weight is 571 g/mol. The molecule has 2 aliphatic rings. The first kappa shape index (κ1) is 30.4. The second-order valence-electron chi connectivity index (χ2n) is 8.40. The molecule has 2 aliphatic heterocycles. The van der Waals surface area contributed by atoms with Crippen LogP contribution in [-0.2, 0) is 51.5 Å². The van der Waals surface area contributed by atoms with E-state index >= 15 is 0 Å². The molecule has 0 N–H and O–H groups in total. The number of nitrogens with zero attached hydrogens (tertiary/aromatic N) is 1. The molecule has 0 saturated carbocycles. The second kappa shape index (κ2) is 12.8. The number of rotatable bonds is 11. The van der Waals surface area contributed by atoms with E-state index in [9.17, 15) is 28.5 Å². The predicted octanol–water partition coefficient (Wildman–Crippen LogP) is 2.00. The lowest BCUT2D eigenvalue weighted by Gasteiger charge is -2.47. The zero-order chi connectivity index (χ0) is 28.9. The molecule has 1 aromatic carbocycles. The van der Waals surface area contributed by atoms with E-state index in [1.54, 1.807) is 12.1 Å². The fourth-order valence-electron chi connectivity index (χ4n) is 4.26. The lowest BCUT2D eigenvalue weighted by Crippen LogP contribution is -2.67. The van der Waals surface area contributed by atoms with Gasteiger partial charge in [-0.05, 0) is 26.0 Å². The summed E-state index contributed by atoms with van der Waals surface area (Å²) in [4.78, 5) is 63.5. The molecule has 0 aromatic heterocycles. The smallest absolute Gasteiger partial charge is 0.463 e. The zero-order valence-corrected chi connectivity index (χ0v) is 22.9. The van der Waals surface area contributed by atoms with Gasteiger partial charge in [0.15, 0.2) is 18.5 Å². The van der Waals surface area contributed by atoms with Gasteiger partial charge in [-0.25, -0.2) is 4.57 Å². The summed E-state index contributed by atoms with van der Waals surface area (Å²) in [6.45, 7) is 5.58. The van der Waals surface area contributed by atoms with Crippen LogP contribution in [0.4, 0.5) is 0 Å². The van der Waals surface area contributed by atoms with Crippen molar-refractivity contribution in [3.8, 4) is 0 Å². The van der Waals surface area contributed by atoms with Crippen molar-refractivity contribution in [2.24, 2.45) is 0 Å². The highest BCUT2D eigenvalue weighted by atomic mass is 31.2. The molecule has 0 radical (unpaired) electrons. The molecule has 1 aromatic rings. The minimum absolute atomic E-state index is 0.0479. The lowest BCUT2D eigenvalue weighted by atomic mass is 9.95. The third-order valence-electron chi connectivity index (χ3n) is 5.60. The molecule has 2 amide bonds. The van der Waals surface area contributed by atoms with Crippen molar-refractivity contribution >= 4 is 37.5 Å². The molecule has 1 saturated heterocycles. The molecule has 214 valence electrons. The summed E-state index contributed by atoms with van der Waals surface area (Å²) in [6, 6.07) is 4.31. The van der Waals surface area contributed by atoms with Gasteiger partial charge in [-0.15, -0.1) is 0 Å². The van der Waals surface area contributed by atoms with Crippen LogP contribution in [-0.4, -0.2) is 85.1 Å². The number of amides is 2. The van der Waals surface area contributed by atoms with Gasteiger partial charge >= 0.3 is 25.7 Å². The van der Waals surface area contributed by atoms with E-state index in [1.165, 1.54) is 26.0 Å². The lowest BCUT2D eigenvalue weighted by molar-refractivity contribution is -0.268. The fourth-order valence-corrected chi connectivity index (χ4v) is 5.52. The molecule has 0 aliphatic carbocycles. The van der Waals surface area contributed by atoms with Gasteiger partial charge in [0.05, 0.1) is 24.3 Å². The van der Waals surface area contributed by atoms with Crippen molar-refractivity contribution in [3.63, 3.8) is 0 Å². The second-order valence-corrected chi connectivity index (χ2v) is 10.0. The number of imide groups is 1. The molecule has 3 rings (SSSR count). The largest absolute Gasteiger partial charge is 0.477 e. The minimum atomic E-state index is -4.38. The molecular formula is C24H30NO13P. The molecule has 39 heavy (non-hydrogen) atoms. The number of hydrogen-bond donors (Lipinski definition) is 0. The number of ether oxygens (including phenoxy) is 4. The summed E-state index contributed by atoms with van der Waals surface area (Å²) >= 11 is 0. The summed E-state index contributed by atoms with van der Waals surface area (Å²) < 4.78 is 51.3. The molecule has 14 nitrogen and oxygen atoms in total. The first-order valence-corrected chi connectivity index (χ1v) is 13.6. The topological polar surface area (TPSA) is 170 Å². The van der Waals surface area contributed by atoms with Crippen LogP contribution in [0.3, 0.4) is 0 Å². The first-order chi connectivity index (χ1) is 18.4. The third kappa shape index (κ3) is 6.89. The first-order valence-electron chi connectivity index (χ1n) is 12.1. The van der Waals surface area contributed by atoms with E-state index in [1.807, 2.05) is 0 Å². The highest BCUT2D eigenvalue weighted by Gasteiger charge is 2.58. The number of carbonyl (C=O) groups excluding carboxylic acids is 5. The number of esters is 3. The Morgan fingerprint density at radius 1 is 0.872 bits per heavy atom. The molecule has 0 spiro atoms. The normalized spacial score (nSPS) is 24.7. The predicted molar refractivity (Wildman–Crippen MR) is 129 cm³/mol. The van der Waals surface area contributed by atoms with Gasteiger partial charge in [0.25, 0.3) is 11.8 Å². The zero-order valence-electron chi connectivity index (χ0n) is 22.0. The molecule has 0 bridgehead atoms.